The standard InChI is InChI=1S/C25H33N5O2Si/c1-17-20(18-7-8-18)14-27-23-22(17)30(16-32-12-13-33(2,3)4)24(28-23)25(31)29-11-9-21-19(15-29)6-5-10-26-21/h5-6,10,14,18H,7-9,11-13,15-16H2,1-4H3. The molecule has 1 amide bonds. The Labute approximate surface area is 196 Å². The monoisotopic (exact) mass is 463 g/mol. The van der Waals surface area contributed by atoms with Crippen LogP contribution in [0.15, 0.2) is 24.5 Å². The van der Waals surface area contributed by atoms with Gasteiger partial charge in [-0.1, -0.05) is 25.7 Å². The number of aryl methyl sites for hydroxylation is 1. The van der Waals surface area contributed by atoms with Gasteiger partial charge in [-0.05, 0) is 54.5 Å². The van der Waals surface area contributed by atoms with Crippen molar-refractivity contribution in [1.82, 2.24) is 24.4 Å². The van der Waals surface area contributed by atoms with Gasteiger partial charge < -0.3 is 9.64 Å². The van der Waals surface area contributed by atoms with Crippen LogP contribution in [0.5, 0.6) is 0 Å². The van der Waals surface area contributed by atoms with Crippen molar-refractivity contribution < 1.29 is 9.53 Å². The van der Waals surface area contributed by atoms with Gasteiger partial charge in [0.05, 0.1) is 5.52 Å². The molecule has 1 saturated carbocycles. The van der Waals surface area contributed by atoms with Crippen molar-refractivity contribution in [2.24, 2.45) is 0 Å². The van der Waals surface area contributed by atoms with E-state index in [4.69, 9.17) is 9.72 Å². The highest BCUT2D eigenvalue weighted by Crippen LogP contribution is 2.42. The summed E-state index contributed by atoms with van der Waals surface area (Å²) in [7, 11) is -1.20. The minimum Gasteiger partial charge on any atom is -0.361 e. The zero-order valence-electron chi connectivity index (χ0n) is 20.1. The minimum atomic E-state index is -1.20. The second-order valence-corrected chi connectivity index (χ2v) is 16.2. The lowest BCUT2D eigenvalue weighted by Crippen LogP contribution is -2.37. The highest BCUT2D eigenvalue weighted by atomic mass is 28.3. The first-order valence-electron chi connectivity index (χ1n) is 12.0. The molecule has 0 unspecified atom stereocenters. The predicted molar refractivity (Wildman–Crippen MR) is 131 cm³/mol. The minimum absolute atomic E-state index is 0.0660. The van der Waals surface area contributed by atoms with Gasteiger partial charge >= 0.3 is 0 Å². The Kier molecular flexibility index (Phi) is 5.82. The molecule has 1 aliphatic carbocycles. The summed E-state index contributed by atoms with van der Waals surface area (Å²) >= 11 is 0. The van der Waals surface area contributed by atoms with Gasteiger partial charge in [-0.2, -0.15) is 0 Å². The fraction of sp³-hybridized carbons (Fsp3) is 0.520. The summed E-state index contributed by atoms with van der Waals surface area (Å²) in [6.07, 6.45) is 6.96. The predicted octanol–water partition coefficient (Wildman–Crippen LogP) is 4.52. The first-order valence-corrected chi connectivity index (χ1v) is 15.7. The van der Waals surface area contributed by atoms with E-state index in [1.807, 2.05) is 27.9 Å². The normalized spacial score (nSPS) is 16.3. The number of hydrogen-bond acceptors (Lipinski definition) is 5. The lowest BCUT2D eigenvalue weighted by molar-refractivity contribution is 0.0654. The number of hydrogen-bond donors (Lipinski definition) is 0. The number of fused-ring (bicyclic) bond motifs is 2. The van der Waals surface area contributed by atoms with Crippen molar-refractivity contribution in [2.45, 2.75) is 71.1 Å². The number of carbonyl (C=O) groups excluding carboxylic acids is 1. The van der Waals surface area contributed by atoms with E-state index in [1.165, 1.54) is 24.0 Å². The van der Waals surface area contributed by atoms with Crippen LogP contribution in [0.25, 0.3) is 11.2 Å². The summed E-state index contributed by atoms with van der Waals surface area (Å²) in [6.45, 7) is 11.4. The summed E-state index contributed by atoms with van der Waals surface area (Å²) in [6, 6.07) is 5.07. The summed E-state index contributed by atoms with van der Waals surface area (Å²) in [5, 5.41) is 0. The Bertz CT molecular complexity index is 1200. The molecule has 4 heterocycles. The molecule has 8 heteroatoms. The van der Waals surface area contributed by atoms with Crippen LogP contribution in [0.2, 0.25) is 25.7 Å². The van der Waals surface area contributed by atoms with Crippen molar-refractivity contribution in [3.05, 3.63) is 52.7 Å². The molecule has 0 bridgehead atoms. The molecule has 0 spiro atoms. The molecule has 0 aromatic carbocycles. The van der Waals surface area contributed by atoms with E-state index in [9.17, 15) is 4.79 Å². The molecule has 0 radical (unpaired) electrons. The molecule has 3 aromatic heterocycles. The first-order chi connectivity index (χ1) is 15.8. The maximum absolute atomic E-state index is 13.7. The van der Waals surface area contributed by atoms with E-state index < -0.39 is 8.07 Å². The summed E-state index contributed by atoms with van der Waals surface area (Å²) in [5.74, 6) is 0.945. The van der Waals surface area contributed by atoms with E-state index in [-0.39, 0.29) is 5.91 Å². The van der Waals surface area contributed by atoms with Crippen molar-refractivity contribution in [3.63, 3.8) is 0 Å². The molecule has 3 aromatic rings. The zero-order chi connectivity index (χ0) is 23.2. The van der Waals surface area contributed by atoms with E-state index in [1.54, 1.807) is 0 Å². The quantitative estimate of drug-likeness (QED) is 0.380. The number of ether oxygens (including phenoxy) is 1. The summed E-state index contributed by atoms with van der Waals surface area (Å²) in [5.41, 5.74) is 6.22. The van der Waals surface area contributed by atoms with Gasteiger partial charge in [-0.15, -0.1) is 0 Å². The molecule has 7 nitrogen and oxygen atoms in total. The summed E-state index contributed by atoms with van der Waals surface area (Å²) < 4.78 is 8.08. The molecular formula is C25H33N5O2Si. The Morgan fingerprint density at radius 3 is 2.82 bits per heavy atom. The summed E-state index contributed by atoms with van der Waals surface area (Å²) in [4.78, 5) is 29.4. The van der Waals surface area contributed by atoms with Crippen LogP contribution in [-0.4, -0.2) is 51.6 Å². The van der Waals surface area contributed by atoms with E-state index in [2.05, 4.69) is 42.6 Å². The molecule has 2 aliphatic rings. The van der Waals surface area contributed by atoms with Crippen LogP contribution >= 0.6 is 0 Å². The molecule has 0 N–H and O–H groups in total. The molecule has 0 atom stereocenters. The van der Waals surface area contributed by atoms with Gasteiger partial charge in [0.2, 0.25) is 5.82 Å². The lowest BCUT2D eigenvalue weighted by Gasteiger charge is -2.28. The number of imidazole rings is 1. The van der Waals surface area contributed by atoms with Crippen molar-refractivity contribution >= 4 is 25.1 Å². The maximum Gasteiger partial charge on any atom is 0.290 e. The average molecular weight is 464 g/mol. The molecule has 1 fully saturated rings. The molecule has 0 saturated heterocycles. The van der Waals surface area contributed by atoms with Crippen molar-refractivity contribution in [3.8, 4) is 0 Å². The molecule has 33 heavy (non-hydrogen) atoms. The van der Waals surface area contributed by atoms with Crippen LogP contribution in [0.4, 0.5) is 0 Å². The third-order valence-electron chi connectivity index (χ3n) is 6.74. The molecular weight excluding hydrogens is 430 g/mol. The smallest absolute Gasteiger partial charge is 0.290 e. The van der Waals surface area contributed by atoms with Gasteiger partial charge in [0.1, 0.15) is 6.73 Å². The van der Waals surface area contributed by atoms with Gasteiger partial charge in [0.15, 0.2) is 5.65 Å². The number of rotatable bonds is 7. The topological polar surface area (TPSA) is 73.1 Å². The fourth-order valence-electron chi connectivity index (χ4n) is 4.57. The highest BCUT2D eigenvalue weighted by molar-refractivity contribution is 6.76. The molecule has 1 aliphatic heterocycles. The van der Waals surface area contributed by atoms with Crippen LogP contribution in [0, 0.1) is 6.92 Å². The van der Waals surface area contributed by atoms with Crippen molar-refractivity contribution in [2.75, 3.05) is 13.2 Å². The number of nitrogens with zero attached hydrogens (tertiary/aromatic N) is 5. The van der Waals surface area contributed by atoms with Crippen molar-refractivity contribution in [1.29, 1.82) is 0 Å². The molecule has 174 valence electrons. The first kappa shape index (κ1) is 22.2. The Morgan fingerprint density at radius 1 is 1.24 bits per heavy atom. The average Bonchev–Trinajstić information content (AvgIpc) is 3.56. The lowest BCUT2D eigenvalue weighted by atomic mass is 10.1. The van der Waals surface area contributed by atoms with Gasteiger partial charge in [-0.25, -0.2) is 9.97 Å². The second kappa shape index (κ2) is 8.65. The third-order valence-corrected chi connectivity index (χ3v) is 8.44. The van der Waals surface area contributed by atoms with Gasteiger partial charge in [0, 0.05) is 52.3 Å². The number of pyridine rings is 2. The fourth-order valence-corrected chi connectivity index (χ4v) is 5.33. The van der Waals surface area contributed by atoms with Crippen LogP contribution in [-0.2, 0) is 24.4 Å². The van der Waals surface area contributed by atoms with Crippen LogP contribution < -0.4 is 0 Å². The van der Waals surface area contributed by atoms with E-state index in [0.29, 0.717) is 43.8 Å². The van der Waals surface area contributed by atoms with Crippen LogP contribution in [0.3, 0.4) is 0 Å². The number of carbonyl (C=O) groups is 1. The highest BCUT2D eigenvalue weighted by Gasteiger charge is 2.31. The van der Waals surface area contributed by atoms with Gasteiger partial charge in [-0.3, -0.25) is 14.3 Å². The number of aromatic nitrogens is 4. The van der Waals surface area contributed by atoms with E-state index >= 15 is 0 Å². The van der Waals surface area contributed by atoms with Gasteiger partial charge in [0.25, 0.3) is 5.91 Å². The third kappa shape index (κ3) is 4.59. The SMILES string of the molecule is Cc1c(C2CC2)cnc2nc(C(=O)N3CCc4ncccc4C3)n(COCC[Si](C)(C)C)c12. The Balaban J connectivity index is 1.48. The van der Waals surface area contributed by atoms with E-state index in [0.717, 1.165) is 29.2 Å². The Morgan fingerprint density at radius 2 is 2.06 bits per heavy atom. The largest absolute Gasteiger partial charge is 0.361 e. The Hall–Kier alpha value is -2.58. The maximum atomic E-state index is 13.7. The molecule has 5 rings (SSSR count). The second-order valence-electron chi connectivity index (χ2n) is 10.6. The van der Waals surface area contributed by atoms with Crippen LogP contribution in [0.1, 0.15) is 51.8 Å². The zero-order valence-corrected chi connectivity index (χ0v) is 21.1. The number of amides is 1.